The monoisotopic (exact) mass is 527 g/mol. The highest BCUT2D eigenvalue weighted by molar-refractivity contribution is 7.89. The first kappa shape index (κ1) is 25.7. The number of aliphatic imine (C=N–C) groups is 1. The van der Waals surface area contributed by atoms with Crippen LogP contribution in [-0.4, -0.2) is 101 Å². The summed E-state index contributed by atoms with van der Waals surface area (Å²) in [7, 11) is -3.43. The number of ether oxygens (including phenoxy) is 3. The highest BCUT2D eigenvalue weighted by atomic mass is 32.2. The van der Waals surface area contributed by atoms with E-state index in [4.69, 9.17) is 19.2 Å². The van der Waals surface area contributed by atoms with Crippen LogP contribution in [0.1, 0.15) is 11.3 Å². The first-order valence-electron chi connectivity index (χ1n) is 12.5. The van der Waals surface area contributed by atoms with Gasteiger partial charge in [-0.15, -0.1) is 0 Å². The van der Waals surface area contributed by atoms with Crippen molar-refractivity contribution in [1.29, 1.82) is 0 Å². The number of aromatic nitrogens is 2. The third-order valence-electron chi connectivity index (χ3n) is 6.53. The molecule has 11 heteroatoms. The molecule has 1 aromatic carbocycles. The third kappa shape index (κ3) is 6.48. The maximum Gasteiger partial charge on any atom is 0.236 e. The van der Waals surface area contributed by atoms with Gasteiger partial charge >= 0.3 is 0 Å². The Hall–Kier alpha value is -2.99. The van der Waals surface area contributed by atoms with E-state index in [9.17, 15) is 8.42 Å². The number of nitrogens with zero attached hydrogens (tertiary/aromatic N) is 5. The zero-order valence-electron chi connectivity index (χ0n) is 21.1. The van der Waals surface area contributed by atoms with Crippen molar-refractivity contribution < 1.29 is 22.6 Å². The highest BCUT2D eigenvalue weighted by Gasteiger charge is 2.16. The molecule has 0 radical (unpaired) electrons. The van der Waals surface area contributed by atoms with Gasteiger partial charge in [-0.2, -0.15) is 0 Å². The average Bonchev–Trinajstić information content (AvgIpc) is 3.29. The van der Waals surface area contributed by atoms with Crippen molar-refractivity contribution in [1.82, 2.24) is 13.9 Å². The van der Waals surface area contributed by atoms with Crippen molar-refractivity contribution in [3.63, 3.8) is 0 Å². The molecule has 10 nitrogen and oxygen atoms in total. The fourth-order valence-corrected chi connectivity index (χ4v) is 5.42. The number of benzene rings is 1. The van der Waals surface area contributed by atoms with E-state index in [1.807, 2.05) is 30.3 Å². The van der Waals surface area contributed by atoms with E-state index in [1.165, 1.54) is 10.2 Å². The van der Waals surface area contributed by atoms with Gasteiger partial charge in [0, 0.05) is 67.8 Å². The van der Waals surface area contributed by atoms with Gasteiger partial charge in [0.15, 0.2) is 0 Å². The van der Waals surface area contributed by atoms with Crippen LogP contribution in [0.5, 0.6) is 5.88 Å². The summed E-state index contributed by atoms with van der Waals surface area (Å²) in [4.78, 5) is 13.9. The van der Waals surface area contributed by atoms with E-state index in [0.29, 0.717) is 37.8 Å². The van der Waals surface area contributed by atoms with E-state index in [2.05, 4.69) is 14.8 Å². The summed E-state index contributed by atoms with van der Waals surface area (Å²) in [5.74, 6) is 0.580. The van der Waals surface area contributed by atoms with Crippen molar-refractivity contribution in [3.05, 3.63) is 53.9 Å². The zero-order valence-corrected chi connectivity index (χ0v) is 21.9. The first-order valence-corrected chi connectivity index (χ1v) is 14.4. The van der Waals surface area contributed by atoms with Crippen molar-refractivity contribution >= 4 is 32.8 Å². The summed E-state index contributed by atoms with van der Waals surface area (Å²) in [6, 6.07) is 11.4. The fraction of sp³-hybridized carbons (Fsp3) is 0.462. The normalized spacial score (nSPS) is 17.6. The van der Waals surface area contributed by atoms with Crippen LogP contribution >= 0.6 is 0 Å². The van der Waals surface area contributed by atoms with Gasteiger partial charge in [-0.05, 0) is 12.1 Å². The summed E-state index contributed by atoms with van der Waals surface area (Å²) in [6.45, 7) is 8.07. The molecule has 2 saturated heterocycles. The molecule has 0 unspecified atom stereocenters. The fourth-order valence-electron chi connectivity index (χ4n) is 4.60. The molecule has 0 saturated carbocycles. The number of pyridine rings is 1. The van der Waals surface area contributed by atoms with Gasteiger partial charge in [0.05, 0.1) is 50.4 Å². The number of hydrogen-bond donors (Lipinski definition) is 0. The Morgan fingerprint density at radius 3 is 2.54 bits per heavy atom. The molecule has 0 spiro atoms. The largest absolute Gasteiger partial charge is 0.476 e. The van der Waals surface area contributed by atoms with Crippen LogP contribution in [0.15, 0.2) is 47.6 Å². The number of anilines is 1. The Kier molecular flexibility index (Phi) is 8.04. The standard InChI is InChI=1S/C26H33N5O5S/c1-37(32,33)31-20-21(24-4-2-3-5-25(24)31)18-27-19-22-16-23(30-9-13-35-14-10-30)17-26(28-22)36-15-8-29-6-11-34-12-7-29/h2-5,16-18,20H,6-15,19H2,1H3. The molecule has 2 aliphatic heterocycles. The van der Waals surface area contributed by atoms with Crippen molar-refractivity contribution in [3.8, 4) is 5.88 Å². The highest BCUT2D eigenvalue weighted by Crippen LogP contribution is 2.24. The summed E-state index contributed by atoms with van der Waals surface area (Å²) in [5.41, 5.74) is 3.20. The molecule has 0 atom stereocenters. The Morgan fingerprint density at radius 1 is 1.05 bits per heavy atom. The smallest absolute Gasteiger partial charge is 0.236 e. The van der Waals surface area contributed by atoms with Crippen LogP contribution in [0, 0.1) is 0 Å². The quantitative estimate of drug-likeness (QED) is 0.390. The minimum absolute atomic E-state index is 0.344. The molecular weight excluding hydrogens is 494 g/mol. The maximum absolute atomic E-state index is 12.2. The van der Waals surface area contributed by atoms with Gasteiger partial charge < -0.3 is 19.1 Å². The second-order valence-corrected chi connectivity index (χ2v) is 11.0. The van der Waals surface area contributed by atoms with Crippen molar-refractivity contribution in [2.45, 2.75) is 6.54 Å². The van der Waals surface area contributed by atoms with Crippen LogP contribution in [0.4, 0.5) is 5.69 Å². The molecule has 2 aromatic heterocycles. The minimum atomic E-state index is -3.43. The van der Waals surface area contributed by atoms with Crippen LogP contribution in [-0.2, 0) is 26.0 Å². The number of para-hydroxylation sites is 1. The summed E-state index contributed by atoms with van der Waals surface area (Å²) in [6.07, 6.45) is 4.52. The maximum atomic E-state index is 12.2. The molecule has 0 aliphatic carbocycles. The molecule has 198 valence electrons. The van der Waals surface area contributed by atoms with Crippen LogP contribution in [0.2, 0.25) is 0 Å². The summed E-state index contributed by atoms with van der Waals surface area (Å²) < 4.78 is 42.8. The Labute approximate surface area is 217 Å². The molecule has 0 amide bonds. The predicted octanol–water partition coefficient (Wildman–Crippen LogP) is 2.01. The second-order valence-electron chi connectivity index (χ2n) is 9.19. The van der Waals surface area contributed by atoms with E-state index < -0.39 is 10.0 Å². The third-order valence-corrected chi connectivity index (χ3v) is 7.54. The van der Waals surface area contributed by atoms with Gasteiger partial charge in [-0.25, -0.2) is 17.4 Å². The molecule has 4 heterocycles. The SMILES string of the molecule is CS(=O)(=O)n1cc(C=NCc2cc(N3CCOCC3)cc(OCCN3CCOCC3)n2)c2ccccc21. The Balaban J connectivity index is 1.34. The first-order chi connectivity index (χ1) is 18.0. The number of fused-ring (bicyclic) bond motifs is 1. The minimum Gasteiger partial charge on any atom is -0.476 e. The van der Waals surface area contributed by atoms with Gasteiger partial charge in [0.1, 0.15) is 6.61 Å². The zero-order chi connectivity index (χ0) is 25.7. The number of morpholine rings is 2. The molecule has 3 aromatic rings. The van der Waals surface area contributed by atoms with E-state index in [0.717, 1.165) is 68.3 Å². The topological polar surface area (TPSA) is 98.5 Å². The average molecular weight is 528 g/mol. The Morgan fingerprint density at radius 2 is 1.78 bits per heavy atom. The van der Waals surface area contributed by atoms with E-state index in [1.54, 1.807) is 18.5 Å². The van der Waals surface area contributed by atoms with Gasteiger partial charge in [0.2, 0.25) is 15.9 Å². The van der Waals surface area contributed by atoms with E-state index in [-0.39, 0.29) is 0 Å². The van der Waals surface area contributed by atoms with Crippen LogP contribution in [0.25, 0.3) is 10.9 Å². The molecule has 5 rings (SSSR count). The second kappa shape index (κ2) is 11.6. The van der Waals surface area contributed by atoms with Crippen molar-refractivity contribution in [2.75, 3.05) is 76.9 Å². The lowest BCUT2D eigenvalue weighted by Gasteiger charge is -2.29. The van der Waals surface area contributed by atoms with Crippen LogP contribution in [0.3, 0.4) is 0 Å². The lowest BCUT2D eigenvalue weighted by atomic mass is 10.2. The van der Waals surface area contributed by atoms with Gasteiger partial charge in [-0.3, -0.25) is 9.89 Å². The van der Waals surface area contributed by atoms with Crippen molar-refractivity contribution in [2.24, 2.45) is 4.99 Å². The van der Waals surface area contributed by atoms with E-state index >= 15 is 0 Å². The Bertz CT molecular complexity index is 1340. The van der Waals surface area contributed by atoms with Gasteiger partial charge in [-0.1, -0.05) is 18.2 Å². The number of rotatable bonds is 9. The lowest BCUT2D eigenvalue weighted by molar-refractivity contribution is 0.0320. The lowest BCUT2D eigenvalue weighted by Crippen LogP contribution is -2.38. The summed E-state index contributed by atoms with van der Waals surface area (Å²) >= 11 is 0. The summed E-state index contributed by atoms with van der Waals surface area (Å²) in [5, 5.41) is 0.832. The molecule has 2 fully saturated rings. The van der Waals surface area contributed by atoms with Crippen LogP contribution < -0.4 is 9.64 Å². The molecule has 0 N–H and O–H groups in total. The number of hydrogen-bond acceptors (Lipinski definition) is 9. The van der Waals surface area contributed by atoms with Gasteiger partial charge in [0.25, 0.3) is 0 Å². The molecule has 0 bridgehead atoms. The predicted molar refractivity (Wildman–Crippen MR) is 144 cm³/mol. The molecule has 2 aliphatic rings. The molecule has 37 heavy (non-hydrogen) atoms. The molecular formula is C26H33N5O5S.